The van der Waals surface area contributed by atoms with Crippen molar-refractivity contribution in [2.75, 3.05) is 0 Å². The molecular formula is C23H24F4N6O2. The number of nitrogens with one attached hydrogen (secondary N) is 1. The van der Waals surface area contributed by atoms with Crippen LogP contribution < -0.4 is 5.56 Å². The van der Waals surface area contributed by atoms with Gasteiger partial charge in [-0.2, -0.15) is 23.4 Å². The summed E-state index contributed by atoms with van der Waals surface area (Å²) in [6.07, 6.45) is -3.47. The fourth-order valence-corrected chi connectivity index (χ4v) is 4.13. The van der Waals surface area contributed by atoms with Crippen LogP contribution in [0.2, 0.25) is 0 Å². The summed E-state index contributed by atoms with van der Waals surface area (Å²) in [7, 11) is 1.56. The lowest BCUT2D eigenvalue weighted by molar-refractivity contribution is -0.141. The van der Waals surface area contributed by atoms with E-state index in [0.29, 0.717) is 10.9 Å². The van der Waals surface area contributed by atoms with Gasteiger partial charge in [-0.1, -0.05) is 13.8 Å². The molecule has 8 nitrogen and oxygen atoms in total. The monoisotopic (exact) mass is 492 g/mol. The number of alkyl halides is 3. The van der Waals surface area contributed by atoms with Crippen LogP contribution in [-0.4, -0.2) is 34.6 Å². The number of aromatic nitrogens is 6. The second-order valence-electron chi connectivity index (χ2n) is 9.28. The molecule has 0 saturated carbocycles. The topological polar surface area (TPSA) is 102 Å². The van der Waals surface area contributed by atoms with Crippen LogP contribution in [0.3, 0.4) is 0 Å². The van der Waals surface area contributed by atoms with Gasteiger partial charge in [0.15, 0.2) is 17.3 Å². The van der Waals surface area contributed by atoms with Gasteiger partial charge in [-0.15, -0.1) is 0 Å². The van der Waals surface area contributed by atoms with E-state index in [0.717, 1.165) is 10.6 Å². The molecule has 3 heterocycles. The highest BCUT2D eigenvalue weighted by molar-refractivity contribution is 5.89. The zero-order valence-electron chi connectivity index (χ0n) is 19.9. The lowest BCUT2D eigenvalue weighted by atomic mass is 9.96. The normalized spacial score (nSPS) is 12.8. The van der Waals surface area contributed by atoms with Crippen molar-refractivity contribution in [1.82, 2.24) is 29.5 Å². The summed E-state index contributed by atoms with van der Waals surface area (Å²) in [6, 6.07) is 2.40. The summed E-state index contributed by atoms with van der Waals surface area (Å²) in [6.45, 7) is 8.03. The lowest BCUT2D eigenvalue weighted by Gasteiger charge is -2.17. The highest BCUT2D eigenvalue weighted by atomic mass is 19.4. The Hall–Kier alpha value is -3.54. The molecule has 1 aromatic carbocycles. The van der Waals surface area contributed by atoms with Crippen LogP contribution in [0.15, 0.2) is 23.1 Å². The number of fused-ring (bicyclic) bond motifs is 1. The number of hydrogen-bond acceptors (Lipinski definition) is 5. The first-order chi connectivity index (χ1) is 16.1. The molecule has 0 saturated heterocycles. The van der Waals surface area contributed by atoms with Gasteiger partial charge in [0, 0.05) is 13.2 Å². The number of halogens is 4. The zero-order chi connectivity index (χ0) is 26.0. The molecule has 12 heteroatoms. The first-order valence-corrected chi connectivity index (χ1v) is 10.8. The van der Waals surface area contributed by atoms with Crippen molar-refractivity contribution in [2.24, 2.45) is 7.05 Å². The Labute approximate surface area is 197 Å². The number of nitrogens with zero attached hydrogens (tertiary/aromatic N) is 5. The third kappa shape index (κ3) is 4.11. The summed E-state index contributed by atoms with van der Waals surface area (Å²) < 4.78 is 58.2. The van der Waals surface area contributed by atoms with E-state index >= 15 is 4.39 Å². The van der Waals surface area contributed by atoms with Crippen molar-refractivity contribution < 1.29 is 22.7 Å². The van der Waals surface area contributed by atoms with E-state index in [1.54, 1.807) is 7.05 Å². The molecular weight excluding hydrogens is 468 g/mol. The quantitative estimate of drug-likeness (QED) is 0.413. The molecule has 0 bridgehead atoms. The zero-order valence-corrected chi connectivity index (χ0v) is 19.9. The molecule has 4 rings (SSSR count). The number of pyridine rings is 1. The van der Waals surface area contributed by atoms with Crippen molar-refractivity contribution in [1.29, 1.82) is 0 Å². The Morgan fingerprint density at radius 3 is 2.34 bits per heavy atom. The first kappa shape index (κ1) is 24.6. The van der Waals surface area contributed by atoms with Gasteiger partial charge in [-0.25, -0.2) is 14.1 Å². The molecule has 4 aromatic rings. The second-order valence-corrected chi connectivity index (χ2v) is 9.28. The number of aromatic amines is 1. The van der Waals surface area contributed by atoms with Crippen molar-refractivity contribution in [3.63, 3.8) is 0 Å². The molecule has 2 N–H and O–H groups in total. The van der Waals surface area contributed by atoms with E-state index < -0.39 is 34.5 Å². The number of H-pyrrole nitrogens is 1. The number of aliphatic hydroxyl groups is 1. The van der Waals surface area contributed by atoms with E-state index in [1.165, 1.54) is 37.7 Å². The van der Waals surface area contributed by atoms with Crippen molar-refractivity contribution in [3.8, 4) is 17.1 Å². The summed E-state index contributed by atoms with van der Waals surface area (Å²) in [5.74, 6) is -0.836. The smallest absolute Gasteiger partial charge is 0.382 e. The van der Waals surface area contributed by atoms with Crippen molar-refractivity contribution in [2.45, 2.75) is 52.3 Å². The van der Waals surface area contributed by atoms with Crippen LogP contribution in [0.25, 0.3) is 27.8 Å². The average molecular weight is 492 g/mol. The van der Waals surface area contributed by atoms with Gasteiger partial charge in [0.1, 0.15) is 17.1 Å². The molecule has 0 spiro atoms. The van der Waals surface area contributed by atoms with Gasteiger partial charge >= 0.3 is 6.18 Å². The van der Waals surface area contributed by atoms with Gasteiger partial charge in [0.2, 0.25) is 0 Å². The number of benzene rings is 1. The summed E-state index contributed by atoms with van der Waals surface area (Å²) in [4.78, 5) is 17.6. The van der Waals surface area contributed by atoms with E-state index in [9.17, 15) is 23.1 Å². The van der Waals surface area contributed by atoms with Crippen molar-refractivity contribution >= 4 is 10.8 Å². The van der Waals surface area contributed by atoms with E-state index in [1.807, 2.05) is 13.8 Å². The molecule has 0 atom stereocenters. The van der Waals surface area contributed by atoms with Gasteiger partial charge in [0.05, 0.1) is 16.6 Å². The van der Waals surface area contributed by atoms with Crippen LogP contribution in [0, 0.1) is 12.7 Å². The van der Waals surface area contributed by atoms with Gasteiger partial charge in [-0.3, -0.25) is 14.5 Å². The second kappa shape index (κ2) is 8.01. The maximum atomic E-state index is 15.3. The molecule has 3 aromatic heterocycles. The average Bonchev–Trinajstić information content (AvgIpc) is 3.30. The molecule has 186 valence electrons. The molecule has 0 aliphatic carbocycles. The third-order valence-corrected chi connectivity index (χ3v) is 5.73. The third-order valence-electron chi connectivity index (χ3n) is 5.73. The van der Waals surface area contributed by atoms with E-state index in [2.05, 4.69) is 20.3 Å². The highest BCUT2D eigenvalue weighted by Gasteiger charge is 2.39. The lowest BCUT2D eigenvalue weighted by Crippen LogP contribution is -2.23. The molecule has 0 fully saturated rings. The number of rotatable bonds is 4. The SMILES string of the molecule is Cc1[nH]nc(C(F)(F)F)c1-n1cc(C(C)C)c2cc(-c3nc(C(C)(C)O)n(C)n3)c(F)cc2c1=O. The summed E-state index contributed by atoms with van der Waals surface area (Å²) in [5, 5.41) is 20.4. The molecule has 0 aliphatic rings. The Morgan fingerprint density at radius 1 is 1.14 bits per heavy atom. The minimum absolute atomic E-state index is 0.00174. The minimum atomic E-state index is -4.80. The Kier molecular flexibility index (Phi) is 5.62. The van der Waals surface area contributed by atoms with Crippen LogP contribution in [0.4, 0.5) is 17.6 Å². The van der Waals surface area contributed by atoms with E-state index in [4.69, 9.17) is 0 Å². The Morgan fingerprint density at radius 2 is 1.80 bits per heavy atom. The summed E-state index contributed by atoms with van der Waals surface area (Å²) >= 11 is 0. The highest BCUT2D eigenvalue weighted by Crippen LogP contribution is 2.35. The standard InChI is InChI=1S/C23H24F4N6O2/c1-10(2)15-9-33(17-11(3)29-30-18(17)23(25,26)27)20(34)13-8-16(24)14(7-12(13)15)19-28-21(22(4,5)35)32(6)31-19/h7-10,35H,1-6H3,(H,29,30). The largest absolute Gasteiger partial charge is 0.437 e. The molecule has 35 heavy (non-hydrogen) atoms. The molecule has 0 radical (unpaired) electrons. The molecule has 0 unspecified atom stereocenters. The van der Waals surface area contributed by atoms with Gasteiger partial charge in [0.25, 0.3) is 5.56 Å². The van der Waals surface area contributed by atoms with Crippen LogP contribution >= 0.6 is 0 Å². The maximum absolute atomic E-state index is 15.3. The predicted molar refractivity (Wildman–Crippen MR) is 121 cm³/mol. The first-order valence-electron chi connectivity index (χ1n) is 10.8. The number of hydrogen-bond donors (Lipinski definition) is 2. The Bertz CT molecular complexity index is 1510. The van der Waals surface area contributed by atoms with Gasteiger partial charge in [-0.05, 0) is 49.8 Å². The van der Waals surface area contributed by atoms with Crippen LogP contribution in [0.1, 0.15) is 56.4 Å². The van der Waals surface area contributed by atoms with Crippen LogP contribution in [0.5, 0.6) is 0 Å². The fraction of sp³-hybridized carbons (Fsp3) is 0.391. The maximum Gasteiger partial charge on any atom is 0.437 e. The Balaban J connectivity index is 2.03. The van der Waals surface area contributed by atoms with Crippen molar-refractivity contribution in [3.05, 3.63) is 57.3 Å². The minimum Gasteiger partial charge on any atom is -0.382 e. The predicted octanol–water partition coefficient (Wildman–Crippen LogP) is 4.33. The van der Waals surface area contributed by atoms with E-state index in [-0.39, 0.29) is 34.2 Å². The molecule has 0 amide bonds. The van der Waals surface area contributed by atoms with Gasteiger partial charge < -0.3 is 5.11 Å². The van der Waals surface area contributed by atoms with Crippen LogP contribution in [-0.2, 0) is 18.8 Å². The number of aryl methyl sites for hydroxylation is 2. The fourth-order valence-electron chi connectivity index (χ4n) is 4.13. The molecule has 0 aliphatic heterocycles. The summed E-state index contributed by atoms with van der Waals surface area (Å²) in [5.41, 5.74) is -3.26.